The molecule has 0 aliphatic carbocycles. The van der Waals surface area contributed by atoms with E-state index in [1.165, 1.54) is 0 Å². The molecule has 3 heterocycles. The number of aromatic nitrogens is 4. The summed E-state index contributed by atoms with van der Waals surface area (Å²) in [6.45, 7) is 2.07. The van der Waals surface area contributed by atoms with Crippen LogP contribution >= 0.6 is 0 Å². The summed E-state index contributed by atoms with van der Waals surface area (Å²) in [6, 6.07) is 18.9. The van der Waals surface area contributed by atoms with Crippen LogP contribution in [0.15, 0.2) is 60.8 Å². The summed E-state index contributed by atoms with van der Waals surface area (Å²) in [5.74, 6) is 1.85. The van der Waals surface area contributed by atoms with Crippen LogP contribution in [0.3, 0.4) is 0 Å². The zero-order valence-corrected chi connectivity index (χ0v) is 27.4. The van der Waals surface area contributed by atoms with E-state index in [4.69, 9.17) is 9.72 Å². The number of rotatable bonds is 14. The number of H-pyrrole nitrogens is 2. The lowest BCUT2D eigenvalue weighted by atomic mass is 9.99. The minimum Gasteiger partial charge on any atom is -0.383 e. The number of amides is 2. The first-order valence-corrected chi connectivity index (χ1v) is 16.4. The first kappa shape index (κ1) is 32.4. The molecule has 246 valence electrons. The van der Waals surface area contributed by atoms with Crippen LogP contribution < -0.4 is 16.0 Å². The van der Waals surface area contributed by atoms with E-state index in [1.54, 1.807) is 21.2 Å². The second kappa shape index (κ2) is 14.9. The Balaban J connectivity index is 1.13. The van der Waals surface area contributed by atoms with Crippen LogP contribution in [0.2, 0.25) is 0 Å². The predicted molar refractivity (Wildman–Crippen MR) is 185 cm³/mol. The standard InChI is InChI=1S/C36H44N8O3/c1-37-21-34(45)39-15-5-4-8-33-40-20-30(41-33)27-12-11-23-17-24(9-10-25(23)18-27)26-13-14-28-29(19-26)43-35(42-28)32-7-6-16-44(32)36(46)31(38-2)22-47-3/h9-14,17-20,31-32,37-38H,4-8,15-16,21-22H2,1-3H3,(H,39,45)(H,40,41)(H,42,43). The maximum absolute atomic E-state index is 13.2. The van der Waals surface area contributed by atoms with E-state index < -0.39 is 0 Å². The molecule has 2 amide bonds. The Morgan fingerprint density at radius 1 is 1.00 bits per heavy atom. The number of nitrogens with one attached hydrogen (secondary N) is 5. The van der Waals surface area contributed by atoms with E-state index in [9.17, 15) is 9.59 Å². The molecule has 0 radical (unpaired) electrons. The van der Waals surface area contributed by atoms with Gasteiger partial charge in [0.2, 0.25) is 11.8 Å². The third-order valence-corrected chi connectivity index (χ3v) is 8.94. The number of likely N-dealkylation sites (tertiary alicyclic amines) is 1. The van der Waals surface area contributed by atoms with E-state index in [0.29, 0.717) is 26.2 Å². The number of methoxy groups -OCH3 is 1. The van der Waals surface area contributed by atoms with Crippen LogP contribution in [0, 0.1) is 0 Å². The van der Waals surface area contributed by atoms with Gasteiger partial charge in [-0.15, -0.1) is 0 Å². The van der Waals surface area contributed by atoms with Gasteiger partial charge in [0.1, 0.15) is 17.7 Å². The molecule has 0 saturated carbocycles. The Labute approximate surface area is 274 Å². The lowest BCUT2D eigenvalue weighted by Crippen LogP contribution is -2.47. The monoisotopic (exact) mass is 636 g/mol. The number of aryl methyl sites for hydroxylation is 1. The lowest BCUT2D eigenvalue weighted by molar-refractivity contribution is -0.135. The maximum Gasteiger partial charge on any atom is 0.242 e. The Bertz CT molecular complexity index is 1850. The first-order chi connectivity index (χ1) is 23.0. The number of carbonyl (C=O) groups excluding carboxylic acids is 2. The summed E-state index contributed by atoms with van der Waals surface area (Å²) in [5.41, 5.74) is 6.18. The molecule has 6 rings (SSSR count). The molecule has 1 fully saturated rings. The van der Waals surface area contributed by atoms with Crippen LogP contribution in [0.25, 0.3) is 44.2 Å². The largest absolute Gasteiger partial charge is 0.383 e. The summed E-state index contributed by atoms with van der Waals surface area (Å²) in [7, 11) is 5.17. The molecular weight excluding hydrogens is 592 g/mol. The van der Waals surface area contributed by atoms with E-state index in [-0.39, 0.29) is 23.9 Å². The number of likely N-dealkylation sites (N-methyl/N-ethyl adjacent to an activating group) is 2. The van der Waals surface area contributed by atoms with Crippen molar-refractivity contribution in [1.82, 2.24) is 40.8 Å². The number of fused-ring (bicyclic) bond motifs is 2. The van der Waals surface area contributed by atoms with Gasteiger partial charge in [-0.2, -0.15) is 0 Å². The molecule has 3 aromatic carbocycles. The number of carbonyl (C=O) groups is 2. The summed E-state index contributed by atoms with van der Waals surface area (Å²) in [4.78, 5) is 43.2. The fourth-order valence-electron chi connectivity index (χ4n) is 6.42. The summed E-state index contributed by atoms with van der Waals surface area (Å²) < 4.78 is 5.25. The predicted octanol–water partition coefficient (Wildman–Crippen LogP) is 4.33. The zero-order valence-electron chi connectivity index (χ0n) is 27.4. The third-order valence-electron chi connectivity index (χ3n) is 8.94. The van der Waals surface area contributed by atoms with Crippen LogP contribution in [-0.2, 0) is 20.7 Å². The summed E-state index contributed by atoms with van der Waals surface area (Å²) in [6.07, 6.45) is 6.42. The summed E-state index contributed by atoms with van der Waals surface area (Å²) >= 11 is 0. The van der Waals surface area contributed by atoms with Gasteiger partial charge >= 0.3 is 0 Å². The molecular formula is C36H44N8O3. The Morgan fingerprint density at radius 2 is 1.77 bits per heavy atom. The fraction of sp³-hybridized carbons (Fsp3) is 0.389. The smallest absolute Gasteiger partial charge is 0.242 e. The van der Waals surface area contributed by atoms with E-state index in [0.717, 1.165) is 87.9 Å². The highest BCUT2D eigenvalue weighted by molar-refractivity contribution is 5.92. The average Bonchev–Trinajstić information content (AvgIpc) is 3.86. The third kappa shape index (κ3) is 7.38. The van der Waals surface area contributed by atoms with Gasteiger partial charge in [0.15, 0.2) is 0 Å². The highest BCUT2D eigenvalue weighted by Crippen LogP contribution is 2.34. The Morgan fingerprint density at radius 3 is 2.55 bits per heavy atom. The van der Waals surface area contributed by atoms with Crippen molar-refractivity contribution in [1.29, 1.82) is 0 Å². The quantitative estimate of drug-likeness (QED) is 0.114. The Hall–Kier alpha value is -4.58. The molecule has 2 unspecified atom stereocenters. The number of imidazole rings is 2. The van der Waals surface area contributed by atoms with E-state index in [1.807, 2.05) is 11.1 Å². The van der Waals surface area contributed by atoms with Gasteiger partial charge in [0.25, 0.3) is 0 Å². The number of benzene rings is 3. The molecule has 0 spiro atoms. The van der Waals surface area contributed by atoms with Gasteiger partial charge in [-0.1, -0.05) is 30.3 Å². The second-order valence-electron chi connectivity index (χ2n) is 12.2. The average molecular weight is 637 g/mol. The van der Waals surface area contributed by atoms with Gasteiger partial charge in [-0.05, 0) is 85.9 Å². The van der Waals surface area contributed by atoms with Crippen molar-refractivity contribution in [3.05, 3.63) is 72.4 Å². The highest BCUT2D eigenvalue weighted by Gasteiger charge is 2.35. The van der Waals surface area contributed by atoms with Gasteiger partial charge in [0.05, 0.1) is 42.1 Å². The lowest BCUT2D eigenvalue weighted by Gasteiger charge is -2.27. The number of hydrogen-bond donors (Lipinski definition) is 5. The van der Waals surface area contributed by atoms with Crippen LogP contribution in [0.1, 0.15) is 43.4 Å². The number of unbranched alkanes of at least 4 members (excludes halogenated alkanes) is 1. The topological polar surface area (TPSA) is 140 Å². The molecule has 47 heavy (non-hydrogen) atoms. The molecule has 2 atom stereocenters. The molecule has 0 bridgehead atoms. The molecule has 1 aliphatic heterocycles. The fourth-order valence-corrected chi connectivity index (χ4v) is 6.42. The van der Waals surface area contributed by atoms with Crippen molar-refractivity contribution in [3.63, 3.8) is 0 Å². The minimum atomic E-state index is -0.372. The van der Waals surface area contributed by atoms with Crippen LogP contribution in [0.5, 0.6) is 0 Å². The van der Waals surface area contributed by atoms with Crippen molar-refractivity contribution < 1.29 is 14.3 Å². The molecule has 1 saturated heterocycles. The van der Waals surface area contributed by atoms with Crippen molar-refractivity contribution in [2.45, 2.75) is 44.2 Å². The molecule has 11 nitrogen and oxygen atoms in total. The van der Waals surface area contributed by atoms with Crippen molar-refractivity contribution in [2.24, 2.45) is 0 Å². The normalized spacial score (nSPS) is 15.5. The second-order valence-corrected chi connectivity index (χ2v) is 12.2. The number of hydrogen-bond acceptors (Lipinski definition) is 7. The van der Waals surface area contributed by atoms with Gasteiger partial charge in [-0.25, -0.2) is 9.97 Å². The molecule has 5 N–H and O–H groups in total. The van der Waals surface area contributed by atoms with Crippen LogP contribution in [-0.4, -0.2) is 90.1 Å². The zero-order chi connectivity index (χ0) is 32.8. The number of nitrogens with zero attached hydrogens (tertiary/aromatic N) is 3. The van der Waals surface area contributed by atoms with Gasteiger partial charge in [-0.3, -0.25) is 9.59 Å². The highest BCUT2D eigenvalue weighted by atomic mass is 16.5. The van der Waals surface area contributed by atoms with E-state index in [2.05, 4.69) is 85.5 Å². The minimum absolute atomic E-state index is 0.0210. The van der Waals surface area contributed by atoms with Crippen molar-refractivity contribution in [3.8, 4) is 22.4 Å². The number of ether oxygens (including phenoxy) is 1. The van der Waals surface area contributed by atoms with Crippen molar-refractivity contribution >= 4 is 33.6 Å². The van der Waals surface area contributed by atoms with Crippen molar-refractivity contribution in [2.75, 3.05) is 47.4 Å². The SMILES string of the molecule is CNCC(=O)NCCCCc1ncc(-c2ccc3cc(-c4ccc5nc(C6CCCN6C(=O)C(COC)NC)[nH]c5c4)ccc3c2)[nH]1. The molecule has 5 aromatic rings. The maximum atomic E-state index is 13.2. The van der Waals surface area contributed by atoms with E-state index >= 15 is 0 Å². The Kier molecular flexibility index (Phi) is 10.3. The summed E-state index contributed by atoms with van der Waals surface area (Å²) in [5, 5.41) is 11.2. The molecule has 11 heteroatoms. The van der Waals surface area contributed by atoms with Crippen LogP contribution in [0.4, 0.5) is 0 Å². The number of aromatic amines is 2. The van der Waals surface area contributed by atoms with Gasteiger partial charge in [0, 0.05) is 32.2 Å². The van der Waals surface area contributed by atoms with Gasteiger partial charge < -0.3 is 35.6 Å². The first-order valence-electron chi connectivity index (χ1n) is 16.4. The molecule has 1 aliphatic rings. The molecule has 2 aromatic heterocycles.